The lowest BCUT2D eigenvalue weighted by atomic mass is 10.1. The van der Waals surface area contributed by atoms with Crippen LogP contribution in [0.4, 0.5) is 0 Å². The average molecular weight is 300 g/mol. The number of para-hydroxylation sites is 1. The minimum absolute atomic E-state index is 0.508. The van der Waals surface area contributed by atoms with E-state index in [4.69, 9.17) is 14.6 Å². The van der Waals surface area contributed by atoms with E-state index in [9.17, 15) is 4.79 Å². The van der Waals surface area contributed by atoms with Gasteiger partial charge in [-0.05, 0) is 49.2 Å². The van der Waals surface area contributed by atoms with Gasteiger partial charge in [-0.2, -0.15) is 0 Å². The number of carbonyl (C=O) groups is 1. The maximum atomic E-state index is 11.2. The molecule has 0 spiro atoms. The first kappa shape index (κ1) is 15.9. The molecule has 2 aromatic carbocycles. The molecule has 0 amide bonds. The third-order valence-corrected chi connectivity index (χ3v) is 3.18. The molecule has 0 radical (unpaired) electrons. The number of carboxylic acids is 1. The molecule has 0 aliphatic heterocycles. The summed E-state index contributed by atoms with van der Waals surface area (Å²) in [6, 6.07) is 16.4. The summed E-state index contributed by atoms with van der Waals surface area (Å²) in [6.07, 6.45) is 1.47. The van der Waals surface area contributed by atoms with E-state index in [1.54, 1.807) is 24.3 Å². The highest BCUT2D eigenvalue weighted by Crippen LogP contribution is 2.24. The second kappa shape index (κ2) is 8.08. The Balaban J connectivity index is 1.97. The van der Waals surface area contributed by atoms with Crippen LogP contribution in [-0.4, -0.2) is 17.2 Å². The summed E-state index contributed by atoms with van der Waals surface area (Å²) < 4.78 is 11.2. The number of benzene rings is 2. The summed E-state index contributed by atoms with van der Waals surface area (Å²) in [5, 5.41) is 9.16. The van der Waals surface area contributed by atoms with Gasteiger partial charge in [0.2, 0.25) is 0 Å². The molecule has 2 aromatic rings. The largest absolute Gasteiger partial charge is 0.479 e. The Hall–Kier alpha value is -2.49. The van der Waals surface area contributed by atoms with Gasteiger partial charge >= 0.3 is 5.97 Å². The highest BCUT2D eigenvalue weighted by Gasteiger charge is 2.18. The fourth-order valence-electron chi connectivity index (χ4n) is 2.00. The fraction of sp³-hybridized carbons (Fsp3) is 0.278. The number of unbranched alkanes of at least 4 members (excludes halogenated alkanes) is 1. The predicted octanol–water partition coefficient (Wildman–Crippen LogP) is 4.50. The van der Waals surface area contributed by atoms with Gasteiger partial charge in [0.25, 0.3) is 0 Å². The van der Waals surface area contributed by atoms with Gasteiger partial charge < -0.3 is 14.6 Å². The number of carboxylic acid groups (broad SMARTS) is 1. The lowest BCUT2D eigenvalue weighted by molar-refractivity contribution is -0.145. The summed E-state index contributed by atoms with van der Waals surface area (Å²) in [7, 11) is 0. The molecule has 0 saturated carbocycles. The van der Waals surface area contributed by atoms with Crippen LogP contribution in [0.2, 0.25) is 0 Å². The van der Waals surface area contributed by atoms with Crippen LogP contribution in [0.15, 0.2) is 54.6 Å². The smallest absolute Gasteiger partial charge is 0.344 e. The molecule has 0 heterocycles. The van der Waals surface area contributed by atoms with Crippen LogP contribution in [0.3, 0.4) is 0 Å². The zero-order chi connectivity index (χ0) is 15.8. The van der Waals surface area contributed by atoms with Crippen LogP contribution >= 0.6 is 0 Å². The summed E-state index contributed by atoms with van der Waals surface area (Å²) in [5.41, 5.74) is 0. The van der Waals surface area contributed by atoms with Crippen LogP contribution < -0.4 is 9.47 Å². The first-order valence-electron chi connectivity index (χ1n) is 7.41. The molecule has 2 rings (SSSR count). The number of ether oxygens (including phenoxy) is 2. The monoisotopic (exact) mass is 300 g/mol. The van der Waals surface area contributed by atoms with E-state index in [-0.39, 0.29) is 0 Å². The molecule has 4 nitrogen and oxygen atoms in total. The van der Waals surface area contributed by atoms with E-state index in [0.717, 1.165) is 18.6 Å². The normalized spacial score (nSPS) is 11.7. The number of aliphatic carboxylic acids is 1. The zero-order valence-electron chi connectivity index (χ0n) is 12.6. The Morgan fingerprint density at radius 2 is 1.59 bits per heavy atom. The van der Waals surface area contributed by atoms with E-state index in [2.05, 4.69) is 0 Å². The van der Waals surface area contributed by atoms with Gasteiger partial charge in [-0.1, -0.05) is 31.5 Å². The van der Waals surface area contributed by atoms with E-state index < -0.39 is 12.1 Å². The predicted molar refractivity (Wildman–Crippen MR) is 84.5 cm³/mol. The van der Waals surface area contributed by atoms with Crippen molar-refractivity contribution in [1.82, 2.24) is 0 Å². The molecule has 0 aliphatic carbocycles. The highest BCUT2D eigenvalue weighted by atomic mass is 16.5. The van der Waals surface area contributed by atoms with Crippen LogP contribution in [-0.2, 0) is 4.79 Å². The molecule has 1 atom stereocenters. The molecule has 0 saturated heterocycles. The Bertz CT molecular complexity index is 578. The molecule has 0 aromatic heterocycles. The van der Waals surface area contributed by atoms with Crippen molar-refractivity contribution in [1.29, 1.82) is 0 Å². The molecule has 0 fully saturated rings. The molecule has 4 heteroatoms. The number of hydrogen-bond acceptors (Lipinski definition) is 3. The quantitative estimate of drug-likeness (QED) is 0.779. The summed E-state index contributed by atoms with van der Waals surface area (Å²) >= 11 is 0. The molecule has 22 heavy (non-hydrogen) atoms. The van der Waals surface area contributed by atoms with Crippen molar-refractivity contribution in [3.8, 4) is 17.2 Å². The Morgan fingerprint density at radius 3 is 2.18 bits per heavy atom. The molecule has 0 unspecified atom stereocenters. The third-order valence-electron chi connectivity index (χ3n) is 3.18. The lowest BCUT2D eigenvalue weighted by Gasteiger charge is -2.15. The van der Waals surface area contributed by atoms with Crippen molar-refractivity contribution >= 4 is 5.97 Å². The maximum Gasteiger partial charge on any atom is 0.344 e. The molecule has 1 N–H and O–H groups in total. The fourth-order valence-corrected chi connectivity index (χ4v) is 2.00. The molecular weight excluding hydrogens is 280 g/mol. The minimum atomic E-state index is -0.932. The van der Waals surface area contributed by atoms with Gasteiger partial charge in [0.1, 0.15) is 17.2 Å². The number of rotatable bonds is 8. The standard InChI is InChI=1S/C18H20O4/c1-2-3-9-17(18(19)20)22-16-12-10-15(11-13-16)21-14-7-5-4-6-8-14/h4-8,10-13,17H,2-3,9H2,1H3,(H,19,20)/t17-/m0/s1. The van der Waals surface area contributed by atoms with Crippen LogP contribution in [0.25, 0.3) is 0 Å². The van der Waals surface area contributed by atoms with Crippen LogP contribution in [0.1, 0.15) is 26.2 Å². The molecule has 0 aliphatic rings. The van der Waals surface area contributed by atoms with Crippen molar-refractivity contribution in [2.75, 3.05) is 0 Å². The first-order valence-corrected chi connectivity index (χ1v) is 7.41. The average Bonchev–Trinajstić information content (AvgIpc) is 2.54. The topological polar surface area (TPSA) is 55.8 Å². The first-order chi connectivity index (χ1) is 10.7. The van der Waals surface area contributed by atoms with Crippen LogP contribution in [0.5, 0.6) is 17.2 Å². The van der Waals surface area contributed by atoms with Crippen molar-refractivity contribution in [2.24, 2.45) is 0 Å². The number of hydrogen-bond donors (Lipinski definition) is 1. The molecule has 116 valence electrons. The van der Waals surface area contributed by atoms with E-state index >= 15 is 0 Å². The summed E-state index contributed by atoms with van der Waals surface area (Å²) in [5.74, 6) is 1.03. The second-order valence-corrected chi connectivity index (χ2v) is 4.97. The van der Waals surface area contributed by atoms with E-state index in [0.29, 0.717) is 17.9 Å². The van der Waals surface area contributed by atoms with Crippen LogP contribution in [0, 0.1) is 0 Å². The van der Waals surface area contributed by atoms with Gasteiger partial charge in [-0.15, -0.1) is 0 Å². The van der Waals surface area contributed by atoms with E-state index in [1.807, 2.05) is 37.3 Å². The Morgan fingerprint density at radius 1 is 1.00 bits per heavy atom. The summed E-state index contributed by atoms with van der Waals surface area (Å²) in [4.78, 5) is 11.2. The van der Waals surface area contributed by atoms with Gasteiger partial charge in [0.05, 0.1) is 0 Å². The van der Waals surface area contributed by atoms with Crippen molar-refractivity contribution in [3.05, 3.63) is 54.6 Å². The minimum Gasteiger partial charge on any atom is -0.479 e. The lowest BCUT2D eigenvalue weighted by Crippen LogP contribution is -2.26. The van der Waals surface area contributed by atoms with Crippen molar-refractivity contribution in [2.45, 2.75) is 32.3 Å². The Labute approximate surface area is 130 Å². The SMILES string of the molecule is CCCC[C@H](Oc1ccc(Oc2ccccc2)cc1)C(=O)O. The van der Waals surface area contributed by atoms with Gasteiger partial charge in [-0.3, -0.25) is 0 Å². The van der Waals surface area contributed by atoms with Gasteiger partial charge in [-0.25, -0.2) is 4.79 Å². The van der Waals surface area contributed by atoms with Crippen molar-refractivity contribution in [3.63, 3.8) is 0 Å². The molecular formula is C18H20O4. The third kappa shape index (κ3) is 4.81. The van der Waals surface area contributed by atoms with Crippen molar-refractivity contribution < 1.29 is 19.4 Å². The zero-order valence-corrected chi connectivity index (χ0v) is 12.6. The summed E-state index contributed by atoms with van der Waals surface area (Å²) in [6.45, 7) is 2.02. The van der Waals surface area contributed by atoms with Gasteiger partial charge in [0, 0.05) is 0 Å². The second-order valence-electron chi connectivity index (χ2n) is 4.97. The van der Waals surface area contributed by atoms with Gasteiger partial charge in [0.15, 0.2) is 6.10 Å². The molecule has 0 bridgehead atoms. The maximum absolute atomic E-state index is 11.2. The van der Waals surface area contributed by atoms with E-state index in [1.165, 1.54) is 0 Å². The highest BCUT2D eigenvalue weighted by molar-refractivity contribution is 5.72. The Kier molecular flexibility index (Phi) is 5.83.